The fraction of sp³-hybridized carbons (Fsp3) is 0. The minimum Gasteiger partial charge on any atom is -0.241 e. The Kier molecular flexibility index (Phi) is 3.54. The van der Waals surface area contributed by atoms with Gasteiger partial charge in [-0.25, -0.2) is 21.2 Å². The number of rotatable bonds is 3. The van der Waals surface area contributed by atoms with Gasteiger partial charge in [0.05, 0.1) is 10.6 Å². The van der Waals surface area contributed by atoms with E-state index in [4.69, 9.17) is 0 Å². The van der Waals surface area contributed by atoms with Gasteiger partial charge in [-0.3, -0.25) is 0 Å². The maximum Gasteiger partial charge on any atom is 0.268 e. The Morgan fingerprint density at radius 1 is 0.818 bits per heavy atom. The molecule has 1 aromatic heterocycles. The van der Waals surface area contributed by atoms with Gasteiger partial charge in [0, 0.05) is 11.8 Å². The third kappa shape index (κ3) is 2.42. The van der Waals surface area contributed by atoms with Crippen LogP contribution in [0.4, 0.5) is 8.78 Å². The van der Waals surface area contributed by atoms with E-state index >= 15 is 0 Å². The minimum atomic E-state index is -3.80. The first kappa shape index (κ1) is 14.5. The maximum absolute atomic E-state index is 13.4. The average Bonchev–Trinajstić information content (AvgIpc) is 3.01. The van der Waals surface area contributed by atoms with Crippen LogP contribution in [0, 0.1) is 11.6 Å². The van der Waals surface area contributed by atoms with Crippen LogP contribution in [0.25, 0.3) is 11.3 Å². The predicted octanol–water partition coefficient (Wildman–Crippen LogP) is 3.67. The van der Waals surface area contributed by atoms with Crippen molar-refractivity contribution in [2.24, 2.45) is 0 Å². The summed E-state index contributed by atoms with van der Waals surface area (Å²) in [6, 6.07) is 14.3. The molecule has 0 fully saturated rings. The molecule has 1 heterocycles. The molecule has 0 aliphatic rings. The van der Waals surface area contributed by atoms with Crippen LogP contribution in [-0.2, 0) is 10.0 Å². The SMILES string of the molecule is O=S(=O)(c1ccccc1)n1cccc1-c1ccc(F)c(F)c1. The van der Waals surface area contributed by atoms with Gasteiger partial charge < -0.3 is 0 Å². The first-order valence-corrected chi connectivity index (χ1v) is 7.87. The molecule has 0 aliphatic heterocycles. The molecule has 0 N–H and O–H groups in total. The molecule has 22 heavy (non-hydrogen) atoms. The van der Waals surface area contributed by atoms with E-state index in [-0.39, 0.29) is 16.2 Å². The van der Waals surface area contributed by atoms with E-state index in [1.807, 2.05) is 0 Å². The fourth-order valence-electron chi connectivity index (χ4n) is 2.16. The third-order valence-electron chi connectivity index (χ3n) is 3.23. The van der Waals surface area contributed by atoms with Crippen molar-refractivity contribution in [2.75, 3.05) is 0 Å². The van der Waals surface area contributed by atoms with Crippen molar-refractivity contribution < 1.29 is 17.2 Å². The molecule has 0 atom stereocenters. The number of nitrogens with zero attached hydrogens (tertiary/aromatic N) is 1. The summed E-state index contributed by atoms with van der Waals surface area (Å²) in [7, 11) is -3.80. The van der Waals surface area contributed by atoms with Gasteiger partial charge in [-0.1, -0.05) is 18.2 Å². The Balaban J connectivity index is 2.15. The zero-order valence-electron chi connectivity index (χ0n) is 11.3. The number of benzene rings is 2. The summed E-state index contributed by atoms with van der Waals surface area (Å²) < 4.78 is 52.8. The lowest BCUT2D eigenvalue weighted by atomic mass is 10.1. The van der Waals surface area contributed by atoms with Crippen LogP contribution >= 0.6 is 0 Å². The van der Waals surface area contributed by atoms with Gasteiger partial charge >= 0.3 is 0 Å². The van der Waals surface area contributed by atoms with E-state index in [2.05, 4.69) is 0 Å². The smallest absolute Gasteiger partial charge is 0.241 e. The van der Waals surface area contributed by atoms with Crippen LogP contribution in [0.1, 0.15) is 0 Å². The van der Waals surface area contributed by atoms with Gasteiger partial charge in [-0.2, -0.15) is 0 Å². The summed E-state index contributed by atoms with van der Waals surface area (Å²) in [5, 5.41) is 0. The number of aromatic nitrogens is 1. The topological polar surface area (TPSA) is 39.1 Å². The Morgan fingerprint density at radius 3 is 2.23 bits per heavy atom. The zero-order chi connectivity index (χ0) is 15.7. The van der Waals surface area contributed by atoms with Crippen molar-refractivity contribution in [3.05, 3.63) is 78.5 Å². The lowest BCUT2D eigenvalue weighted by Gasteiger charge is -2.11. The maximum atomic E-state index is 13.4. The van der Waals surface area contributed by atoms with Crippen LogP contribution in [0.15, 0.2) is 71.8 Å². The van der Waals surface area contributed by atoms with Crippen LogP contribution in [-0.4, -0.2) is 12.4 Å². The molecule has 0 aliphatic carbocycles. The summed E-state index contributed by atoms with van der Waals surface area (Å²) >= 11 is 0. The second kappa shape index (κ2) is 5.38. The summed E-state index contributed by atoms with van der Waals surface area (Å²) in [5.41, 5.74) is 0.547. The largest absolute Gasteiger partial charge is 0.268 e. The van der Waals surface area contributed by atoms with Crippen molar-refractivity contribution in [3.63, 3.8) is 0 Å². The standard InChI is InChI=1S/C16H11F2NO2S/c17-14-9-8-12(11-15(14)18)16-7-4-10-19(16)22(20,21)13-5-2-1-3-6-13/h1-11H. The van der Waals surface area contributed by atoms with Crippen molar-refractivity contribution in [3.8, 4) is 11.3 Å². The quantitative estimate of drug-likeness (QED) is 0.739. The Hall–Kier alpha value is -2.47. The highest BCUT2D eigenvalue weighted by Gasteiger charge is 2.20. The molecule has 6 heteroatoms. The van der Waals surface area contributed by atoms with Crippen molar-refractivity contribution in [1.82, 2.24) is 3.97 Å². The van der Waals surface area contributed by atoms with Crippen LogP contribution in [0.3, 0.4) is 0 Å². The van der Waals surface area contributed by atoms with Gasteiger partial charge in [-0.05, 0) is 42.5 Å². The van der Waals surface area contributed by atoms with Crippen molar-refractivity contribution in [1.29, 1.82) is 0 Å². The van der Waals surface area contributed by atoms with E-state index in [1.165, 1.54) is 36.5 Å². The highest BCUT2D eigenvalue weighted by Crippen LogP contribution is 2.26. The normalized spacial score (nSPS) is 11.5. The molecule has 0 saturated carbocycles. The number of hydrogen-bond acceptors (Lipinski definition) is 2. The van der Waals surface area contributed by atoms with Crippen LogP contribution in [0.2, 0.25) is 0 Å². The Bertz CT molecular complexity index is 918. The molecule has 0 bridgehead atoms. The molecule has 3 rings (SSSR count). The van der Waals surface area contributed by atoms with E-state index < -0.39 is 21.7 Å². The van der Waals surface area contributed by atoms with E-state index in [0.29, 0.717) is 0 Å². The molecule has 112 valence electrons. The van der Waals surface area contributed by atoms with E-state index in [1.54, 1.807) is 18.2 Å². The lowest BCUT2D eigenvalue weighted by Crippen LogP contribution is -2.13. The molecule has 3 nitrogen and oxygen atoms in total. The van der Waals surface area contributed by atoms with Crippen molar-refractivity contribution >= 4 is 10.0 Å². The predicted molar refractivity (Wildman–Crippen MR) is 78.8 cm³/mol. The summed E-state index contributed by atoms with van der Waals surface area (Å²) in [4.78, 5) is 0.120. The summed E-state index contributed by atoms with van der Waals surface area (Å²) in [6.07, 6.45) is 1.37. The average molecular weight is 319 g/mol. The monoisotopic (exact) mass is 319 g/mol. The van der Waals surface area contributed by atoms with E-state index in [9.17, 15) is 17.2 Å². The molecule has 2 aromatic carbocycles. The number of halogens is 2. The minimum absolute atomic E-state index is 0.120. The van der Waals surface area contributed by atoms with Gasteiger partial charge in [0.25, 0.3) is 10.0 Å². The molecule has 0 amide bonds. The first-order chi connectivity index (χ1) is 10.5. The van der Waals surface area contributed by atoms with Gasteiger partial charge in [0.1, 0.15) is 0 Å². The van der Waals surface area contributed by atoms with Gasteiger partial charge in [0.15, 0.2) is 11.6 Å². The molecule has 3 aromatic rings. The molecular formula is C16H11F2NO2S. The second-order valence-electron chi connectivity index (χ2n) is 4.64. The Labute approximate surface area is 126 Å². The van der Waals surface area contributed by atoms with Gasteiger partial charge in [0.2, 0.25) is 0 Å². The highest BCUT2D eigenvalue weighted by molar-refractivity contribution is 7.90. The molecule has 0 radical (unpaired) electrons. The van der Waals surface area contributed by atoms with E-state index in [0.717, 1.165) is 16.1 Å². The molecule has 0 saturated heterocycles. The lowest BCUT2D eigenvalue weighted by molar-refractivity contribution is 0.509. The Morgan fingerprint density at radius 2 is 1.55 bits per heavy atom. The summed E-state index contributed by atoms with van der Waals surface area (Å²) in [5.74, 6) is -2.00. The second-order valence-corrected chi connectivity index (χ2v) is 6.45. The van der Waals surface area contributed by atoms with Gasteiger partial charge in [-0.15, -0.1) is 0 Å². The van der Waals surface area contributed by atoms with Crippen LogP contribution in [0.5, 0.6) is 0 Å². The highest BCUT2D eigenvalue weighted by atomic mass is 32.2. The molecule has 0 unspecified atom stereocenters. The molecular weight excluding hydrogens is 308 g/mol. The summed E-state index contributed by atoms with van der Waals surface area (Å²) in [6.45, 7) is 0. The third-order valence-corrected chi connectivity index (χ3v) is 4.93. The molecule has 0 spiro atoms. The van der Waals surface area contributed by atoms with Crippen LogP contribution < -0.4 is 0 Å². The first-order valence-electron chi connectivity index (χ1n) is 6.43. The fourth-order valence-corrected chi connectivity index (χ4v) is 3.54. The number of hydrogen-bond donors (Lipinski definition) is 0. The van der Waals surface area contributed by atoms with Crippen molar-refractivity contribution in [2.45, 2.75) is 4.90 Å². The zero-order valence-corrected chi connectivity index (χ0v) is 12.1.